The van der Waals surface area contributed by atoms with Gasteiger partial charge < -0.3 is 14.2 Å². The van der Waals surface area contributed by atoms with E-state index in [1.807, 2.05) is 49.9 Å². The lowest BCUT2D eigenvalue weighted by atomic mass is 10.1. The molecule has 140 valence electrons. The number of aromatic nitrogens is 2. The van der Waals surface area contributed by atoms with Gasteiger partial charge in [-0.25, -0.2) is 0 Å². The van der Waals surface area contributed by atoms with Gasteiger partial charge in [-0.1, -0.05) is 31.1 Å². The summed E-state index contributed by atoms with van der Waals surface area (Å²) < 4.78 is 10.9. The molecule has 0 unspecified atom stereocenters. The zero-order valence-electron chi connectivity index (χ0n) is 15.6. The molecule has 1 aliphatic heterocycles. The Hall–Kier alpha value is -2.41. The molecule has 2 heterocycles. The average molecular weight is 358 g/mol. The van der Waals surface area contributed by atoms with E-state index in [2.05, 4.69) is 15.0 Å². The van der Waals surface area contributed by atoms with Crippen molar-refractivity contribution in [2.75, 3.05) is 32.8 Å². The molecule has 0 bridgehead atoms. The topological polar surface area (TPSA) is 71.7 Å². The number of ether oxygens (including phenoxy) is 1. The predicted molar refractivity (Wildman–Crippen MR) is 97.2 cm³/mol. The van der Waals surface area contributed by atoms with Crippen LogP contribution < -0.4 is 4.74 Å². The van der Waals surface area contributed by atoms with Gasteiger partial charge in [-0.15, -0.1) is 0 Å². The van der Waals surface area contributed by atoms with Gasteiger partial charge in [-0.2, -0.15) is 4.98 Å². The monoisotopic (exact) mass is 358 g/mol. The summed E-state index contributed by atoms with van der Waals surface area (Å²) in [4.78, 5) is 21.4. The van der Waals surface area contributed by atoms with E-state index < -0.39 is 0 Å². The van der Waals surface area contributed by atoms with Crippen LogP contribution in [0.25, 0.3) is 0 Å². The second-order valence-electron chi connectivity index (χ2n) is 6.70. The van der Waals surface area contributed by atoms with Crippen LogP contribution in [0.2, 0.25) is 0 Å². The third-order valence-electron chi connectivity index (χ3n) is 4.44. The number of benzene rings is 1. The largest absolute Gasteiger partial charge is 0.493 e. The van der Waals surface area contributed by atoms with Crippen molar-refractivity contribution in [3.05, 3.63) is 41.5 Å². The minimum absolute atomic E-state index is 0.0218. The molecule has 7 heteroatoms. The Balaban J connectivity index is 1.57. The number of rotatable bonds is 6. The highest BCUT2D eigenvalue weighted by atomic mass is 16.5. The lowest BCUT2D eigenvalue weighted by Gasteiger charge is -2.34. The Kier molecular flexibility index (Phi) is 5.88. The van der Waals surface area contributed by atoms with E-state index in [9.17, 15) is 4.79 Å². The van der Waals surface area contributed by atoms with Crippen LogP contribution in [0.15, 0.2) is 28.8 Å². The molecule has 0 N–H and O–H groups in total. The third-order valence-corrected chi connectivity index (χ3v) is 4.44. The summed E-state index contributed by atoms with van der Waals surface area (Å²) in [6.45, 7) is 10.1. The van der Waals surface area contributed by atoms with Gasteiger partial charge in [0.15, 0.2) is 5.82 Å². The van der Waals surface area contributed by atoms with Crippen molar-refractivity contribution < 1.29 is 14.1 Å². The van der Waals surface area contributed by atoms with Crippen LogP contribution in [0, 0.1) is 0 Å². The molecule has 0 saturated carbocycles. The molecule has 1 aromatic heterocycles. The molecule has 0 radical (unpaired) electrons. The van der Waals surface area contributed by atoms with Gasteiger partial charge in [0.25, 0.3) is 5.91 Å². The number of para-hydroxylation sites is 1. The maximum atomic E-state index is 12.8. The van der Waals surface area contributed by atoms with Crippen molar-refractivity contribution in [3.63, 3.8) is 0 Å². The molecular formula is C19H26N4O3. The Morgan fingerprint density at radius 2 is 1.96 bits per heavy atom. The standard InChI is InChI=1S/C19H26N4O3/c1-4-25-16-8-6-5-7-15(16)19(24)23-11-9-22(10-12-23)13-17-20-18(14(2)3)21-26-17/h5-8,14H,4,9-13H2,1-3H3. The SMILES string of the molecule is CCOc1ccccc1C(=O)N1CCN(Cc2nc(C(C)C)no2)CC1. The number of nitrogens with zero attached hydrogens (tertiary/aromatic N) is 4. The molecule has 1 aliphatic rings. The first-order chi connectivity index (χ1) is 12.6. The molecule has 1 amide bonds. The van der Waals surface area contributed by atoms with Gasteiger partial charge in [0.2, 0.25) is 5.89 Å². The van der Waals surface area contributed by atoms with Gasteiger partial charge >= 0.3 is 0 Å². The highest BCUT2D eigenvalue weighted by molar-refractivity contribution is 5.97. The van der Waals surface area contributed by atoms with E-state index in [1.54, 1.807) is 0 Å². The first kappa shape index (κ1) is 18.4. The smallest absolute Gasteiger partial charge is 0.257 e. The maximum absolute atomic E-state index is 12.8. The molecule has 0 aliphatic carbocycles. The number of amides is 1. The highest BCUT2D eigenvalue weighted by Gasteiger charge is 2.25. The number of carbonyl (C=O) groups excluding carboxylic acids is 1. The molecule has 0 spiro atoms. The van der Waals surface area contributed by atoms with Crippen LogP contribution in [-0.4, -0.2) is 58.6 Å². The second-order valence-corrected chi connectivity index (χ2v) is 6.70. The van der Waals surface area contributed by atoms with Crippen LogP contribution >= 0.6 is 0 Å². The first-order valence-corrected chi connectivity index (χ1v) is 9.14. The molecule has 1 fully saturated rings. The van der Waals surface area contributed by atoms with Crippen LogP contribution in [0.5, 0.6) is 5.75 Å². The fourth-order valence-electron chi connectivity index (χ4n) is 2.96. The van der Waals surface area contributed by atoms with Gasteiger partial charge in [0.05, 0.1) is 18.7 Å². The number of hydrogen-bond acceptors (Lipinski definition) is 6. The van der Waals surface area contributed by atoms with Crippen molar-refractivity contribution in [1.82, 2.24) is 19.9 Å². The molecule has 26 heavy (non-hydrogen) atoms. The molecule has 3 rings (SSSR count). The fourth-order valence-corrected chi connectivity index (χ4v) is 2.96. The molecule has 1 aromatic carbocycles. The van der Waals surface area contributed by atoms with Gasteiger partial charge in [0.1, 0.15) is 5.75 Å². The number of piperazine rings is 1. The lowest BCUT2D eigenvalue weighted by molar-refractivity contribution is 0.0611. The van der Waals surface area contributed by atoms with Gasteiger partial charge in [0, 0.05) is 32.1 Å². The average Bonchev–Trinajstić information content (AvgIpc) is 3.11. The summed E-state index contributed by atoms with van der Waals surface area (Å²) in [7, 11) is 0. The normalized spacial score (nSPS) is 15.5. The summed E-state index contributed by atoms with van der Waals surface area (Å²) in [6.07, 6.45) is 0. The summed E-state index contributed by atoms with van der Waals surface area (Å²) in [5.74, 6) is 2.30. The van der Waals surface area contributed by atoms with E-state index in [1.165, 1.54) is 0 Å². The summed E-state index contributed by atoms with van der Waals surface area (Å²) >= 11 is 0. The van der Waals surface area contributed by atoms with E-state index in [0.29, 0.717) is 43.4 Å². The fraction of sp³-hybridized carbons (Fsp3) is 0.526. The Labute approximate surface area is 153 Å². The summed E-state index contributed by atoms with van der Waals surface area (Å²) in [6, 6.07) is 7.42. The van der Waals surface area contributed by atoms with Crippen molar-refractivity contribution >= 4 is 5.91 Å². The highest BCUT2D eigenvalue weighted by Crippen LogP contribution is 2.21. The molecular weight excluding hydrogens is 332 g/mol. The molecule has 0 atom stereocenters. The molecule has 2 aromatic rings. The van der Waals surface area contributed by atoms with Gasteiger partial charge in [-0.05, 0) is 19.1 Å². The van der Waals surface area contributed by atoms with E-state index in [0.717, 1.165) is 18.9 Å². The number of hydrogen-bond donors (Lipinski definition) is 0. The summed E-state index contributed by atoms with van der Waals surface area (Å²) in [5, 5.41) is 4.00. The molecule has 7 nitrogen and oxygen atoms in total. The van der Waals surface area contributed by atoms with Crippen LogP contribution in [0.4, 0.5) is 0 Å². The Morgan fingerprint density at radius 3 is 2.62 bits per heavy atom. The Bertz CT molecular complexity index is 736. The molecule has 1 saturated heterocycles. The predicted octanol–water partition coefficient (Wildman–Crippen LogP) is 2.55. The van der Waals surface area contributed by atoms with E-state index >= 15 is 0 Å². The minimum atomic E-state index is 0.0218. The quantitative estimate of drug-likeness (QED) is 0.790. The van der Waals surface area contributed by atoms with Crippen molar-refractivity contribution in [2.24, 2.45) is 0 Å². The van der Waals surface area contributed by atoms with Crippen LogP contribution in [0.1, 0.15) is 48.8 Å². The Morgan fingerprint density at radius 1 is 1.23 bits per heavy atom. The minimum Gasteiger partial charge on any atom is -0.493 e. The van der Waals surface area contributed by atoms with Crippen LogP contribution in [0.3, 0.4) is 0 Å². The van der Waals surface area contributed by atoms with Crippen molar-refractivity contribution in [2.45, 2.75) is 33.2 Å². The lowest BCUT2D eigenvalue weighted by Crippen LogP contribution is -2.48. The zero-order chi connectivity index (χ0) is 18.5. The van der Waals surface area contributed by atoms with Gasteiger partial charge in [-0.3, -0.25) is 9.69 Å². The zero-order valence-corrected chi connectivity index (χ0v) is 15.6. The summed E-state index contributed by atoms with van der Waals surface area (Å²) in [5.41, 5.74) is 0.626. The number of carbonyl (C=O) groups is 1. The first-order valence-electron chi connectivity index (χ1n) is 9.14. The van der Waals surface area contributed by atoms with Crippen molar-refractivity contribution in [3.8, 4) is 5.75 Å². The van der Waals surface area contributed by atoms with E-state index in [-0.39, 0.29) is 11.8 Å². The van der Waals surface area contributed by atoms with E-state index in [4.69, 9.17) is 9.26 Å². The van der Waals surface area contributed by atoms with Crippen molar-refractivity contribution in [1.29, 1.82) is 0 Å². The third kappa shape index (κ3) is 4.22. The maximum Gasteiger partial charge on any atom is 0.257 e. The second kappa shape index (κ2) is 8.31. The van der Waals surface area contributed by atoms with Crippen LogP contribution in [-0.2, 0) is 6.54 Å².